The predicted molar refractivity (Wildman–Crippen MR) is 79.7 cm³/mol. The summed E-state index contributed by atoms with van der Waals surface area (Å²) in [5, 5.41) is 1.30. The monoisotopic (exact) mass is 282 g/mol. The summed E-state index contributed by atoms with van der Waals surface area (Å²) in [7, 11) is 0. The van der Waals surface area contributed by atoms with Crippen LogP contribution >= 0.6 is 23.4 Å². The molecular weight excluding hydrogens is 264 g/mol. The minimum absolute atomic E-state index is 0.195. The van der Waals surface area contributed by atoms with Gasteiger partial charge in [0.25, 0.3) is 0 Å². The second-order valence-electron chi connectivity index (χ2n) is 5.14. The fraction of sp³-hybridized carbons (Fsp3) is 0.533. The minimum atomic E-state index is 0.195. The standard InChI is InChI=1S/C15H19ClOS/c1-11-4-2-7-14(8-11)18-10-15(17)12-5-3-6-13(16)9-12/h3,5-6,9,11,14H,2,4,7-8,10H2,1H3. The SMILES string of the molecule is CC1CCCC(SCC(=O)c2cccc(Cl)c2)C1. The molecule has 0 aromatic heterocycles. The summed E-state index contributed by atoms with van der Waals surface area (Å²) in [6.45, 7) is 2.31. The maximum atomic E-state index is 12.0. The van der Waals surface area contributed by atoms with Crippen molar-refractivity contribution in [2.75, 3.05) is 5.75 Å². The van der Waals surface area contributed by atoms with Crippen molar-refractivity contribution in [2.24, 2.45) is 5.92 Å². The average Bonchev–Trinajstić information content (AvgIpc) is 2.36. The van der Waals surface area contributed by atoms with E-state index in [0.29, 0.717) is 16.0 Å². The van der Waals surface area contributed by atoms with Crippen LogP contribution in [0.5, 0.6) is 0 Å². The van der Waals surface area contributed by atoms with E-state index in [4.69, 9.17) is 11.6 Å². The lowest BCUT2D eigenvalue weighted by Gasteiger charge is -2.25. The summed E-state index contributed by atoms with van der Waals surface area (Å²) in [6.07, 6.45) is 5.18. The number of carbonyl (C=O) groups is 1. The van der Waals surface area contributed by atoms with Gasteiger partial charge in [-0.1, -0.05) is 43.5 Å². The van der Waals surface area contributed by atoms with Crippen LogP contribution in [0.3, 0.4) is 0 Å². The van der Waals surface area contributed by atoms with Gasteiger partial charge in [0.2, 0.25) is 0 Å². The highest BCUT2D eigenvalue weighted by Gasteiger charge is 2.20. The van der Waals surface area contributed by atoms with Gasteiger partial charge in [-0.2, -0.15) is 11.8 Å². The quantitative estimate of drug-likeness (QED) is 0.736. The Kier molecular flexibility index (Phi) is 5.13. The molecule has 1 aromatic rings. The van der Waals surface area contributed by atoms with E-state index in [9.17, 15) is 4.79 Å². The number of halogens is 1. The van der Waals surface area contributed by atoms with E-state index in [1.165, 1.54) is 25.7 Å². The average molecular weight is 283 g/mol. The Morgan fingerprint density at radius 3 is 3.00 bits per heavy atom. The highest BCUT2D eigenvalue weighted by molar-refractivity contribution is 8.00. The van der Waals surface area contributed by atoms with Crippen LogP contribution in [0.25, 0.3) is 0 Å². The van der Waals surface area contributed by atoms with E-state index in [1.807, 2.05) is 23.9 Å². The number of Topliss-reactive ketones (excluding diaryl/α,β-unsaturated/α-hetero) is 1. The Bertz CT molecular complexity index is 419. The Hall–Kier alpha value is -0.470. The van der Waals surface area contributed by atoms with Crippen molar-refractivity contribution >= 4 is 29.1 Å². The van der Waals surface area contributed by atoms with Crippen LogP contribution in [0, 0.1) is 5.92 Å². The lowest BCUT2D eigenvalue weighted by Crippen LogP contribution is -2.17. The molecule has 0 spiro atoms. The molecule has 18 heavy (non-hydrogen) atoms. The van der Waals surface area contributed by atoms with Gasteiger partial charge in [-0.05, 0) is 30.9 Å². The van der Waals surface area contributed by atoms with Gasteiger partial charge in [0, 0.05) is 15.8 Å². The summed E-state index contributed by atoms with van der Waals surface area (Å²) >= 11 is 7.72. The summed E-state index contributed by atoms with van der Waals surface area (Å²) in [5.41, 5.74) is 0.735. The second-order valence-corrected chi connectivity index (χ2v) is 6.86. The third-order valence-corrected chi connectivity index (χ3v) is 5.05. The maximum absolute atomic E-state index is 12.0. The lowest BCUT2D eigenvalue weighted by molar-refractivity contribution is 0.102. The van der Waals surface area contributed by atoms with Crippen molar-refractivity contribution in [3.05, 3.63) is 34.9 Å². The topological polar surface area (TPSA) is 17.1 Å². The molecule has 2 unspecified atom stereocenters. The molecule has 3 heteroatoms. The number of benzene rings is 1. The zero-order chi connectivity index (χ0) is 13.0. The molecule has 0 saturated heterocycles. The highest BCUT2D eigenvalue weighted by Crippen LogP contribution is 2.32. The molecule has 0 bridgehead atoms. The van der Waals surface area contributed by atoms with E-state index in [-0.39, 0.29) is 5.78 Å². The molecule has 2 rings (SSSR count). The van der Waals surface area contributed by atoms with Gasteiger partial charge in [0.15, 0.2) is 5.78 Å². The van der Waals surface area contributed by atoms with Crippen molar-refractivity contribution in [1.29, 1.82) is 0 Å². The summed E-state index contributed by atoms with van der Waals surface area (Å²) in [6, 6.07) is 7.24. The zero-order valence-corrected chi connectivity index (χ0v) is 12.3. The van der Waals surface area contributed by atoms with Crippen LogP contribution in [0.15, 0.2) is 24.3 Å². The van der Waals surface area contributed by atoms with Gasteiger partial charge in [-0.3, -0.25) is 4.79 Å². The fourth-order valence-electron chi connectivity index (χ4n) is 2.47. The smallest absolute Gasteiger partial charge is 0.172 e. The maximum Gasteiger partial charge on any atom is 0.172 e. The normalized spacial score (nSPS) is 23.9. The zero-order valence-electron chi connectivity index (χ0n) is 10.7. The van der Waals surface area contributed by atoms with Crippen molar-refractivity contribution in [1.82, 2.24) is 0 Å². The number of ketones is 1. The Morgan fingerprint density at radius 2 is 2.28 bits per heavy atom. The minimum Gasteiger partial charge on any atom is -0.293 e. The van der Waals surface area contributed by atoms with Gasteiger partial charge < -0.3 is 0 Å². The Morgan fingerprint density at radius 1 is 1.44 bits per heavy atom. The predicted octanol–water partition coefficient (Wildman–Crippen LogP) is 4.83. The molecular formula is C15H19ClOS. The van der Waals surface area contributed by atoms with Crippen LogP contribution in [0.4, 0.5) is 0 Å². The van der Waals surface area contributed by atoms with Gasteiger partial charge in [0.1, 0.15) is 0 Å². The van der Waals surface area contributed by atoms with E-state index in [2.05, 4.69) is 6.92 Å². The van der Waals surface area contributed by atoms with Crippen molar-refractivity contribution < 1.29 is 4.79 Å². The lowest BCUT2D eigenvalue weighted by atomic mass is 9.91. The molecule has 2 atom stereocenters. The first kappa shape index (κ1) is 14.0. The van der Waals surface area contributed by atoms with Crippen molar-refractivity contribution in [2.45, 2.75) is 37.9 Å². The van der Waals surface area contributed by atoms with Crippen molar-refractivity contribution in [3.63, 3.8) is 0 Å². The number of rotatable bonds is 4. The Labute approximate surface area is 118 Å². The summed E-state index contributed by atoms with van der Waals surface area (Å²) < 4.78 is 0. The summed E-state index contributed by atoms with van der Waals surface area (Å²) in [4.78, 5) is 12.0. The largest absolute Gasteiger partial charge is 0.293 e. The third-order valence-electron chi connectivity index (χ3n) is 3.49. The molecule has 0 aliphatic heterocycles. The van der Waals surface area contributed by atoms with Gasteiger partial charge in [-0.25, -0.2) is 0 Å². The summed E-state index contributed by atoms with van der Waals surface area (Å²) in [5.74, 6) is 1.59. The first-order valence-corrected chi connectivity index (χ1v) is 7.98. The molecule has 1 saturated carbocycles. The molecule has 1 aliphatic carbocycles. The van der Waals surface area contributed by atoms with Crippen molar-refractivity contribution in [3.8, 4) is 0 Å². The molecule has 1 nitrogen and oxygen atoms in total. The second kappa shape index (κ2) is 6.63. The molecule has 1 aliphatic rings. The number of carbonyl (C=O) groups excluding carboxylic acids is 1. The molecule has 1 aromatic carbocycles. The van der Waals surface area contributed by atoms with Crippen LogP contribution < -0.4 is 0 Å². The first-order valence-electron chi connectivity index (χ1n) is 6.55. The number of hydrogen-bond acceptors (Lipinski definition) is 2. The highest BCUT2D eigenvalue weighted by atomic mass is 35.5. The fourth-order valence-corrected chi connectivity index (χ4v) is 4.01. The molecule has 1 fully saturated rings. The Balaban J connectivity index is 1.84. The van der Waals surface area contributed by atoms with Gasteiger partial charge in [-0.15, -0.1) is 0 Å². The van der Waals surface area contributed by atoms with Crippen LogP contribution in [-0.2, 0) is 0 Å². The molecule has 0 radical (unpaired) electrons. The number of thioether (sulfide) groups is 1. The molecule has 98 valence electrons. The van der Waals surface area contributed by atoms with Crippen LogP contribution in [0.1, 0.15) is 43.0 Å². The van der Waals surface area contributed by atoms with Gasteiger partial charge in [0.05, 0.1) is 5.75 Å². The van der Waals surface area contributed by atoms with Crippen LogP contribution in [-0.4, -0.2) is 16.8 Å². The van der Waals surface area contributed by atoms with E-state index < -0.39 is 0 Å². The molecule has 0 heterocycles. The van der Waals surface area contributed by atoms with Crippen LogP contribution in [0.2, 0.25) is 5.02 Å². The third kappa shape index (κ3) is 4.03. The van der Waals surface area contributed by atoms with E-state index >= 15 is 0 Å². The number of hydrogen-bond donors (Lipinski definition) is 0. The van der Waals surface area contributed by atoms with E-state index in [0.717, 1.165) is 11.5 Å². The molecule has 0 N–H and O–H groups in total. The van der Waals surface area contributed by atoms with Gasteiger partial charge >= 0.3 is 0 Å². The molecule has 0 amide bonds. The first-order chi connectivity index (χ1) is 8.65. The van der Waals surface area contributed by atoms with E-state index in [1.54, 1.807) is 12.1 Å².